The van der Waals surface area contributed by atoms with Crippen LogP contribution >= 0.6 is 0 Å². The van der Waals surface area contributed by atoms with E-state index in [9.17, 15) is 9.18 Å². The van der Waals surface area contributed by atoms with Gasteiger partial charge >= 0.3 is 0 Å². The van der Waals surface area contributed by atoms with Crippen LogP contribution in [0.1, 0.15) is 24.3 Å². The van der Waals surface area contributed by atoms with Crippen LogP contribution in [-0.4, -0.2) is 28.5 Å². The molecular weight excluding hydrogens is 231 g/mol. The fourth-order valence-electron chi connectivity index (χ4n) is 2.20. The van der Waals surface area contributed by atoms with Crippen molar-refractivity contribution in [3.05, 3.63) is 35.8 Å². The fraction of sp³-hybridized carbons (Fsp3) is 0.357. The summed E-state index contributed by atoms with van der Waals surface area (Å²) in [4.78, 5) is 14.0. The number of carbonyl (C=O) groups excluding carboxylic acids is 1. The highest BCUT2D eigenvalue weighted by Gasteiger charge is 2.18. The summed E-state index contributed by atoms with van der Waals surface area (Å²) in [6.45, 7) is 5.17. The van der Waals surface area contributed by atoms with Crippen molar-refractivity contribution in [2.24, 2.45) is 7.05 Å². The minimum Gasteiger partial charge on any atom is -0.340 e. The average molecular weight is 248 g/mol. The lowest BCUT2D eigenvalue weighted by molar-refractivity contribution is 0.0764. The molecule has 18 heavy (non-hydrogen) atoms. The molecule has 0 N–H and O–H groups in total. The number of aryl methyl sites for hydroxylation is 1. The highest BCUT2D eigenvalue weighted by molar-refractivity contribution is 5.98. The number of hydrogen-bond donors (Lipinski definition) is 0. The lowest BCUT2D eigenvalue weighted by Gasteiger charge is -2.18. The summed E-state index contributed by atoms with van der Waals surface area (Å²) in [6, 6.07) is 6.51. The molecule has 0 spiro atoms. The first-order valence-corrected chi connectivity index (χ1v) is 6.13. The van der Waals surface area contributed by atoms with E-state index < -0.39 is 0 Å². The zero-order valence-corrected chi connectivity index (χ0v) is 10.9. The van der Waals surface area contributed by atoms with Gasteiger partial charge < -0.3 is 9.47 Å². The van der Waals surface area contributed by atoms with Gasteiger partial charge in [-0.25, -0.2) is 4.39 Å². The summed E-state index contributed by atoms with van der Waals surface area (Å²) in [5.74, 6) is -0.347. The monoisotopic (exact) mass is 248 g/mol. The second-order valence-corrected chi connectivity index (χ2v) is 4.24. The third-order valence-corrected chi connectivity index (χ3v) is 3.30. The van der Waals surface area contributed by atoms with Crippen LogP contribution in [0.2, 0.25) is 0 Å². The van der Waals surface area contributed by atoms with Gasteiger partial charge in [-0.2, -0.15) is 0 Å². The van der Waals surface area contributed by atoms with E-state index in [0.717, 1.165) is 5.52 Å². The Balaban J connectivity index is 2.55. The highest BCUT2D eigenvalue weighted by atomic mass is 19.1. The first-order valence-electron chi connectivity index (χ1n) is 6.13. The maximum atomic E-state index is 13.7. The molecule has 0 aliphatic heterocycles. The molecule has 2 aromatic rings. The Morgan fingerprint density at radius 3 is 2.56 bits per heavy atom. The number of fused-ring (bicyclic) bond motifs is 1. The molecule has 1 aromatic carbocycles. The van der Waals surface area contributed by atoms with Crippen molar-refractivity contribution in [1.82, 2.24) is 9.47 Å². The van der Waals surface area contributed by atoms with Gasteiger partial charge in [0.05, 0.1) is 5.52 Å². The molecule has 96 valence electrons. The molecule has 3 nitrogen and oxygen atoms in total. The van der Waals surface area contributed by atoms with Crippen molar-refractivity contribution >= 4 is 16.8 Å². The molecule has 0 radical (unpaired) electrons. The normalized spacial score (nSPS) is 10.9. The second-order valence-electron chi connectivity index (χ2n) is 4.24. The Morgan fingerprint density at radius 2 is 2.00 bits per heavy atom. The predicted octanol–water partition coefficient (Wildman–Crippen LogP) is 2.80. The predicted molar refractivity (Wildman–Crippen MR) is 70.1 cm³/mol. The topological polar surface area (TPSA) is 25.2 Å². The van der Waals surface area contributed by atoms with Crippen LogP contribution in [0.5, 0.6) is 0 Å². The number of halogens is 1. The number of carbonyl (C=O) groups is 1. The molecule has 0 unspecified atom stereocenters. The Kier molecular flexibility index (Phi) is 3.36. The van der Waals surface area contributed by atoms with Gasteiger partial charge in [-0.3, -0.25) is 4.79 Å². The maximum Gasteiger partial charge on any atom is 0.270 e. The highest BCUT2D eigenvalue weighted by Crippen LogP contribution is 2.22. The molecule has 1 aromatic heterocycles. The van der Waals surface area contributed by atoms with Crippen molar-refractivity contribution in [3.63, 3.8) is 0 Å². The Morgan fingerprint density at radius 1 is 1.33 bits per heavy atom. The van der Waals surface area contributed by atoms with Gasteiger partial charge in [0.2, 0.25) is 0 Å². The summed E-state index contributed by atoms with van der Waals surface area (Å²) in [7, 11) is 1.79. The third kappa shape index (κ3) is 1.88. The fourth-order valence-corrected chi connectivity index (χ4v) is 2.20. The Labute approximate surface area is 106 Å². The van der Waals surface area contributed by atoms with Crippen molar-refractivity contribution in [2.45, 2.75) is 13.8 Å². The van der Waals surface area contributed by atoms with E-state index in [2.05, 4.69) is 0 Å². The quantitative estimate of drug-likeness (QED) is 0.820. The number of aromatic nitrogens is 1. The Bertz CT molecular complexity index is 585. The van der Waals surface area contributed by atoms with E-state index in [4.69, 9.17) is 0 Å². The SMILES string of the molecule is CCN(CC)C(=O)c1cc2c(F)cccc2n1C. The van der Waals surface area contributed by atoms with E-state index >= 15 is 0 Å². The molecule has 0 saturated heterocycles. The van der Waals surface area contributed by atoms with Crippen LogP contribution < -0.4 is 0 Å². The zero-order chi connectivity index (χ0) is 13.3. The molecule has 0 aliphatic rings. The maximum absolute atomic E-state index is 13.7. The van der Waals surface area contributed by atoms with Gasteiger partial charge in [0.1, 0.15) is 11.5 Å². The molecule has 2 rings (SSSR count). The molecular formula is C14H17FN2O. The minimum atomic E-state index is -0.290. The van der Waals surface area contributed by atoms with Gasteiger partial charge in [-0.05, 0) is 32.0 Å². The van der Waals surface area contributed by atoms with Crippen LogP contribution in [0.3, 0.4) is 0 Å². The van der Waals surface area contributed by atoms with Gasteiger partial charge in [0, 0.05) is 25.5 Å². The zero-order valence-electron chi connectivity index (χ0n) is 10.9. The molecule has 1 amide bonds. The van der Waals surface area contributed by atoms with Crippen molar-refractivity contribution in [2.75, 3.05) is 13.1 Å². The van der Waals surface area contributed by atoms with Crippen LogP contribution in [0.4, 0.5) is 4.39 Å². The molecule has 0 fully saturated rings. The molecule has 0 bridgehead atoms. The molecule has 0 atom stereocenters. The smallest absolute Gasteiger partial charge is 0.270 e. The van der Waals surface area contributed by atoms with Crippen molar-refractivity contribution in [1.29, 1.82) is 0 Å². The van der Waals surface area contributed by atoms with Crippen LogP contribution in [0.25, 0.3) is 10.9 Å². The van der Waals surface area contributed by atoms with Gasteiger partial charge in [0.15, 0.2) is 0 Å². The second kappa shape index (κ2) is 4.80. The number of rotatable bonds is 3. The lowest BCUT2D eigenvalue weighted by atomic mass is 10.2. The number of hydrogen-bond acceptors (Lipinski definition) is 1. The van der Waals surface area contributed by atoms with Crippen molar-refractivity contribution < 1.29 is 9.18 Å². The summed E-state index contributed by atoms with van der Waals surface area (Å²) in [6.07, 6.45) is 0. The first-order chi connectivity index (χ1) is 8.60. The van der Waals surface area contributed by atoms with Crippen LogP contribution in [-0.2, 0) is 7.05 Å². The van der Waals surface area contributed by atoms with E-state index in [1.807, 2.05) is 19.9 Å². The molecule has 0 aliphatic carbocycles. The Hall–Kier alpha value is -1.84. The van der Waals surface area contributed by atoms with Gasteiger partial charge in [0.25, 0.3) is 5.91 Å². The van der Waals surface area contributed by atoms with Crippen LogP contribution in [0.15, 0.2) is 24.3 Å². The van der Waals surface area contributed by atoms with Gasteiger partial charge in [-0.1, -0.05) is 6.07 Å². The van der Waals surface area contributed by atoms with E-state index in [1.165, 1.54) is 6.07 Å². The molecule has 0 saturated carbocycles. The van der Waals surface area contributed by atoms with E-state index in [0.29, 0.717) is 24.2 Å². The van der Waals surface area contributed by atoms with Crippen molar-refractivity contribution in [3.8, 4) is 0 Å². The summed E-state index contributed by atoms with van der Waals surface area (Å²) in [5.41, 5.74) is 1.27. The number of amides is 1. The lowest BCUT2D eigenvalue weighted by Crippen LogP contribution is -2.31. The molecule has 1 heterocycles. The van der Waals surface area contributed by atoms with E-state index in [1.54, 1.807) is 28.6 Å². The third-order valence-electron chi connectivity index (χ3n) is 3.30. The first kappa shape index (κ1) is 12.6. The average Bonchev–Trinajstić information content (AvgIpc) is 2.70. The molecule has 4 heteroatoms. The number of benzene rings is 1. The standard InChI is InChI=1S/C14H17FN2O/c1-4-17(5-2)14(18)13-9-10-11(15)7-6-8-12(10)16(13)3/h6-9H,4-5H2,1-3H3. The minimum absolute atomic E-state index is 0.0573. The summed E-state index contributed by atoms with van der Waals surface area (Å²) >= 11 is 0. The van der Waals surface area contributed by atoms with Crippen LogP contribution in [0, 0.1) is 5.82 Å². The largest absolute Gasteiger partial charge is 0.340 e. The van der Waals surface area contributed by atoms with E-state index in [-0.39, 0.29) is 11.7 Å². The summed E-state index contributed by atoms with van der Waals surface area (Å²) < 4.78 is 15.4. The summed E-state index contributed by atoms with van der Waals surface area (Å²) in [5, 5.41) is 0.496. The number of nitrogens with zero attached hydrogens (tertiary/aromatic N) is 2. The van der Waals surface area contributed by atoms with Gasteiger partial charge in [-0.15, -0.1) is 0 Å².